The minimum absolute atomic E-state index is 0.218. The summed E-state index contributed by atoms with van der Waals surface area (Å²) in [5, 5.41) is 0. The Morgan fingerprint density at radius 3 is 2.53 bits per heavy atom. The predicted octanol–water partition coefficient (Wildman–Crippen LogP) is -0.268. The van der Waals surface area contributed by atoms with Crippen LogP contribution in [0.5, 0.6) is 0 Å². The van der Waals surface area contributed by atoms with E-state index in [1.54, 1.807) is 6.07 Å². The number of nitrogens with two attached hydrogens (primary N) is 2. The summed E-state index contributed by atoms with van der Waals surface area (Å²) in [5.41, 5.74) is 8.07. The lowest BCUT2D eigenvalue weighted by Crippen LogP contribution is -2.24. The van der Waals surface area contributed by atoms with E-state index in [0.29, 0.717) is 5.82 Å². The van der Waals surface area contributed by atoms with Crippen LogP contribution in [0.3, 0.4) is 0 Å². The van der Waals surface area contributed by atoms with Crippen LogP contribution >= 0.6 is 0 Å². The van der Waals surface area contributed by atoms with Crippen LogP contribution in [0.25, 0.3) is 0 Å². The maximum atomic E-state index is 5.60. The first-order valence-electron chi connectivity index (χ1n) is 5.50. The zero-order valence-electron chi connectivity index (χ0n) is 10.6. The number of hydrazine groups is 1. The van der Waals surface area contributed by atoms with Gasteiger partial charge in [-0.1, -0.05) is 0 Å². The van der Waals surface area contributed by atoms with Crippen LogP contribution < -0.4 is 21.9 Å². The second kappa shape index (κ2) is 6.21. The van der Waals surface area contributed by atoms with Crippen LogP contribution in [0.1, 0.15) is 6.42 Å². The quantitative estimate of drug-likeness (QED) is 0.464. The van der Waals surface area contributed by atoms with Gasteiger partial charge < -0.3 is 21.0 Å². The van der Waals surface area contributed by atoms with Crippen molar-refractivity contribution >= 4 is 17.6 Å². The molecule has 0 amide bonds. The van der Waals surface area contributed by atoms with Crippen LogP contribution in [0.15, 0.2) is 6.07 Å². The predicted molar refractivity (Wildman–Crippen MR) is 70.7 cm³/mol. The molecule has 0 aliphatic rings. The van der Waals surface area contributed by atoms with Crippen molar-refractivity contribution < 1.29 is 0 Å². The van der Waals surface area contributed by atoms with Crippen molar-refractivity contribution in [2.24, 2.45) is 5.84 Å². The van der Waals surface area contributed by atoms with Crippen molar-refractivity contribution in [1.82, 2.24) is 14.9 Å². The van der Waals surface area contributed by atoms with E-state index < -0.39 is 0 Å². The maximum Gasteiger partial charge on any atom is 0.223 e. The minimum Gasteiger partial charge on any atom is -0.368 e. The lowest BCUT2D eigenvalue weighted by Gasteiger charge is -2.20. The fourth-order valence-electron chi connectivity index (χ4n) is 1.46. The second-order valence-electron chi connectivity index (χ2n) is 4.19. The fourth-order valence-corrected chi connectivity index (χ4v) is 1.46. The second-order valence-corrected chi connectivity index (χ2v) is 4.19. The number of anilines is 3. The van der Waals surface area contributed by atoms with Crippen LogP contribution in [-0.4, -0.2) is 49.1 Å². The van der Waals surface area contributed by atoms with Gasteiger partial charge in [-0.2, -0.15) is 9.97 Å². The Balaban J connectivity index is 2.61. The van der Waals surface area contributed by atoms with Gasteiger partial charge in [0.1, 0.15) is 11.6 Å². The van der Waals surface area contributed by atoms with Gasteiger partial charge in [0, 0.05) is 19.7 Å². The molecule has 1 rings (SSSR count). The van der Waals surface area contributed by atoms with Gasteiger partial charge in [0.25, 0.3) is 0 Å². The van der Waals surface area contributed by atoms with Gasteiger partial charge in [-0.3, -0.25) is 0 Å². The van der Waals surface area contributed by atoms with Gasteiger partial charge in [0.05, 0.1) is 0 Å². The van der Waals surface area contributed by atoms with E-state index in [9.17, 15) is 0 Å². The Kier molecular flexibility index (Phi) is 4.92. The van der Waals surface area contributed by atoms with Crippen LogP contribution in [0.2, 0.25) is 0 Å². The summed E-state index contributed by atoms with van der Waals surface area (Å²) < 4.78 is 0. The molecule has 0 aliphatic carbocycles. The Bertz CT molecular complexity index is 353. The molecule has 1 aromatic rings. The molecule has 0 aliphatic heterocycles. The van der Waals surface area contributed by atoms with E-state index in [1.807, 2.05) is 11.9 Å². The molecule has 17 heavy (non-hydrogen) atoms. The number of hydrogen-bond donors (Lipinski definition) is 3. The first-order chi connectivity index (χ1) is 8.02. The molecular formula is C10H21N7. The molecule has 0 fully saturated rings. The van der Waals surface area contributed by atoms with Crippen LogP contribution in [-0.2, 0) is 0 Å². The standard InChI is InChI=1S/C10H21N7/c1-16(2)5-4-6-17(3)9-7-8(15-12)13-10(11)14-9/h7H,4-6,12H2,1-3H3,(H3,11,13,14,15). The molecule has 0 radical (unpaired) electrons. The van der Waals surface area contributed by atoms with Gasteiger partial charge in [-0.15, -0.1) is 0 Å². The van der Waals surface area contributed by atoms with Crippen molar-refractivity contribution in [3.8, 4) is 0 Å². The molecule has 7 nitrogen and oxygen atoms in total. The summed E-state index contributed by atoms with van der Waals surface area (Å²) in [5.74, 6) is 6.81. The summed E-state index contributed by atoms with van der Waals surface area (Å²) in [6.07, 6.45) is 1.05. The van der Waals surface area contributed by atoms with E-state index in [4.69, 9.17) is 11.6 Å². The van der Waals surface area contributed by atoms with Gasteiger partial charge in [0.2, 0.25) is 5.95 Å². The van der Waals surface area contributed by atoms with E-state index >= 15 is 0 Å². The summed E-state index contributed by atoms with van der Waals surface area (Å²) in [4.78, 5) is 12.3. The first-order valence-corrected chi connectivity index (χ1v) is 5.50. The highest BCUT2D eigenvalue weighted by Gasteiger charge is 2.06. The topological polar surface area (TPSA) is 96.3 Å². The molecule has 0 saturated carbocycles. The van der Waals surface area contributed by atoms with Crippen molar-refractivity contribution in [3.63, 3.8) is 0 Å². The monoisotopic (exact) mass is 239 g/mol. The van der Waals surface area contributed by atoms with E-state index in [0.717, 1.165) is 25.3 Å². The number of nitrogen functional groups attached to an aromatic ring is 2. The van der Waals surface area contributed by atoms with Gasteiger partial charge >= 0.3 is 0 Å². The average Bonchev–Trinajstić information content (AvgIpc) is 2.27. The number of nitrogens with zero attached hydrogens (tertiary/aromatic N) is 4. The molecule has 0 unspecified atom stereocenters. The average molecular weight is 239 g/mol. The highest BCUT2D eigenvalue weighted by atomic mass is 15.3. The lowest BCUT2D eigenvalue weighted by molar-refractivity contribution is 0.401. The van der Waals surface area contributed by atoms with Crippen molar-refractivity contribution in [1.29, 1.82) is 0 Å². The van der Waals surface area contributed by atoms with E-state index in [2.05, 4.69) is 34.4 Å². The molecule has 96 valence electrons. The van der Waals surface area contributed by atoms with E-state index in [1.165, 1.54) is 0 Å². The Labute approximate surface area is 102 Å². The zero-order valence-corrected chi connectivity index (χ0v) is 10.6. The molecule has 7 heteroatoms. The van der Waals surface area contributed by atoms with Gasteiger partial charge in [-0.25, -0.2) is 5.84 Å². The molecule has 0 aromatic carbocycles. The summed E-state index contributed by atoms with van der Waals surface area (Å²) in [6.45, 7) is 1.94. The Morgan fingerprint density at radius 2 is 1.94 bits per heavy atom. The third kappa shape index (κ3) is 4.41. The molecule has 0 spiro atoms. The van der Waals surface area contributed by atoms with Crippen LogP contribution in [0, 0.1) is 0 Å². The maximum absolute atomic E-state index is 5.60. The summed E-state index contributed by atoms with van der Waals surface area (Å²) in [7, 11) is 6.08. The molecule has 5 N–H and O–H groups in total. The first kappa shape index (κ1) is 13.5. The molecule has 0 saturated heterocycles. The van der Waals surface area contributed by atoms with Crippen LogP contribution in [0.4, 0.5) is 17.6 Å². The lowest BCUT2D eigenvalue weighted by atomic mass is 10.3. The third-order valence-corrected chi connectivity index (χ3v) is 2.37. The molecule has 0 atom stereocenters. The SMILES string of the molecule is CN(C)CCCN(C)c1cc(NN)nc(N)n1. The third-order valence-electron chi connectivity index (χ3n) is 2.37. The fraction of sp³-hybridized carbons (Fsp3) is 0.600. The van der Waals surface area contributed by atoms with E-state index in [-0.39, 0.29) is 5.95 Å². The molecule has 1 heterocycles. The molecular weight excluding hydrogens is 218 g/mol. The number of rotatable bonds is 6. The zero-order chi connectivity index (χ0) is 12.8. The number of nitrogens with one attached hydrogen (secondary N) is 1. The number of aromatic nitrogens is 2. The van der Waals surface area contributed by atoms with Gasteiger partial charge in [0.15, 0.2) is 0 Å². The van der Waals surface area contributed by atoms with Crippen molar-refractivity contribution in [3.05, 3.63) is 6.07 Å². The van der Waals surface area contributed by atoms with Crippen molar-refractivity contribution in [2.75, 3.05) is 50.3 Å². The highest BCUT2D eigenvalue weighted by molar-refractivity contribution is 5.51. The Morgan fingerprint density at radius 1 is 1.24 bits per heavy atom. The molecule has 1 aromatic heterocycles. The minimum atomic E-state index is 0.218. The summed E-state index contributed by atoms with van der Waals surface area (Å²) in [6, 6.07) is 1.77. The Hall–Kier alpha value is -1.60. The van der Waals surface area contributed by atoms with Crippen molar-refractivity contribution in [2.45, 2.75) is 6.42 Å². The number of hydrogen-bond acceptors (Lipinski definition) is 7. The van der Waals surface area contributed by atoms with Gasteiger partial charge in [-0.05, 0) is 27.1 Å². The smallest absolute Gasteiger partial charge is 0.223 e. The normalized spacial score (nSPS) is 10.6. The highest BCUT2D eigenvalue weighted by Crippen LogP contribution is 2.15. The largest absolute Gasteiger partial charge is 0.368 e. The molecule has 0 bridgehead atoms. The summed E-state index contributed by atoms with van der Waals surface area (Å²) >= 11 is 0.